The van der Waals surface area contributed by atoms with E-state index in [0.29, 0.717) is 18.0 Å². The van der Waals surface area contributed by atoms with Gasteiger partial charge in [0.05, 0.1) is 18.7 Å². The van der Waals surface area contributed by atoms with Gasteiger partial charge in [0.15, 0.2) is 0 Å². The minimum atomic E-state index is -0.940. The van der Waals surface area contributed by atoms with Gasteiger partial charge in [-0.15, -0.1) is 0 Å². The van der Waals surface area contributed by atoms with Gasteiger partial charge in [-0.25, -0.2) is 14.1 Å². The minimum Gasteiger partial charge on any atom is -0.494 e. The number of nitrogens with zero attached hydrogens (tertiary/aromatic N) is 2. The molecule has 0 aliphatic carbocycles. The molecule has 0 bridgehead atoms. The van der Waals surface area contributed by atoms with Crippen LogP contribution in [0, 0.1) is 5.82 Å². The van der Waals surface area contributed by atoms with Crippen LogP contribution in [0.5, 0.6) is 5.75 Å². The van der Waals surface area contributed by atoms with Crippen molar-refractivity contribution in [3.63, 3.8) is 0 Å². The predicted molar refractivity (Wildman–Crippen MR) is 116 cm³/mol. The average molecular weight is 427 g/mol. The third kappa shape index (κ3) is 5.02. The molecule has 1 aliphatic heterocycles. The van der Waals surface area contributed by atoms with Gasteiger partial charge in [-0.3, -0.25) is 9.59 Å². The molecule has 164 valence electrons. The summed E-state index contributed by atoms with van der Waals surface area (Å²) in [4.78, 5) is 40.9. The summed E-state index contributed by atoms with van der Waals surface area (Å²) in [6.45, 7) is 6.18. The molecule has 31 heavy (non-hydrogen) atoms. The lowest BCUT2D eigenvalue weighted by molar-refractivity contribution is -0.124. The number of imide groups is 1. The van der Waals surface area contributed by atoms with Gasteiger partial charge in [0.2, 0.25) is 5.91 Å². The fourth-order valence-electron chi connectivity index (χ4n) is 3.45. The number of nitrogens with one attached hydrogen (secondary N) is 1. The first kappa shape index (κ1) is 22.3. The molecule has 1 saturated heterocycles. The van der Waals surface area contributed by atoms with Gasteiger partial charge in [0.1, 0.15) is 17.6 Å². The Balaban J connectivity index is 1.72. The molecule has 7 nitrogen and oxygen atoms in total. The lowest BCUT2D eigenvalue weighted by Crippen LogP contribution is -2.42. The van der Waals surface area contributed by atoms with Crippen LogP contribution in [0.15, 0.2) is 48.5 Å². The maximum atomic E-state index is 13.3. The van der Waals surface area contributed by atoms with Crippen LogP contribution in [-0.2, 0) is 9.59 Å². The number of rotatable bonds is 8. The van der Waals surface area contributed by atoms with E-state index in [4.69, 9.17) is 4.74 Å². The van der Waals surface area contributed by atoms with E-state index in [2.05, 4.69) is 5.32 Å². The van der Waals surface area contributed by atoms with Gasteiger partial charge in [0.25, 0.3) is 5.91 Å². The molecular formula is C23H26FN3O4. The molecule has 1 fully saturated rings. The zero-order valence-electron chi connectivity index (χ0n) is 17.8. The highest BCUT2D eigenvalue weighted by atomic mass is 19.1. The lowest BCUT2D eigenvalue weighted by atomic mass is 10.1. The predicted octanol–water partition coefficient (Wildman–Crippen LogP) is 4.19. The Hall–Kier alpha value is -3.42. The van der Waals surface area contributed by atoms with E-state index in [0.717, 1.165) is 11.3 Å². The van der Waals surface area contributed by atoms with E-state index in [9.17, 15) is 18.8 Å². The van der Waals surface area contributed by atoms with Gasteiger partial charge >= 0.3 is 6.03 Å². The molecule has 1 unspecified atom stereocenters. The molecule has 1 atom stereocenters. The van der Waals surface area contributed by atoms with E-state index in [1.807, 2.05) is 6.92 Å². The smallest absolute Gasteiger partial charge is 0.332 e. The number of carbonyl (C=O) groups is 3. The number of carbonyl (C=O) groups excluding carboxylic acids is 3. The van der Waals surface area contributed by atoms with Crippen molar-refractivity contribution in [2.24, 2.45) is 0 Å². The van der Waals surface area contributed by atoms with E-state index >= 15 is 0 Å². The molecule has 4 amide bonds. The van der Waals surface area contributed by atoms with Gasteiger partial charge in [-0.05, 0) is 68.8 Å². The summed E-state index contributed by atoms with van der Waals surface area (Å²) in [5, 5.41) is 2.76. The van der Waals surface area contributed by atoms with Gasteiger partial charge in [0, 0.05) is 11.7 Å². The second-order valence-corrected chi connectivity index (χ2v) is 7.57. The van der Waals surface area contributed by atoms with Gasteiger partial charge < -0.3 is 15.0 Å². The summed E-state index contributed by atoms with van der Waals surface area (Å²) < 4.78 is 18.8. The van der Waals surface area contributed by atoms with Crippen molar-refractivity contribution in [3.05, 3.63) is 54.3 Å². The monoisotopic (exact) mass is 427 g/mol. The van der Waals surface area contributed by atoms with Crippen LogP contribution in [0.2, 0.25) is 0 Å². The Morgan fingerprint density at radius 3 is 2.32 bits per heavy atom. The fourth-order valence-corrected chi connectivity index (χ4v) is 3.45. The fraction of sp³-hybridized carbons (Fsp3) is 0.348. The van der Waals surface area contributed by atoms with Crippen LogP contribution < -0.4 is 15.0 Å². The SMILES string of the molecule is CCCOc1ccc(NC(=O)CC2C(=O)N(c3ccc(F)cc3)C(=O)N2C(C)C)cc1. The summed E-state index contributed by atoms with van der Waals surface area (Å²) in [5.41, 5.74) is 0.838. The number of anilines is 2. The van der Waals surface area contributed by atoms with Crippen molar-refractivity contribution in [2.75, 3.05) is 16.8 Å². The van der Waals surface area contributed by atoms with Crippen molar-refractivity contribution < 1.29 is 23.5 Å². The summed E-state index contributed by atoms with van der Waals surface area (Å²) in [7, 11) is 0. The van der Waals surface area contributed by atoms with Gasteiger partial charge in [-0.1, -0.05) is 6.92 Å². The second-order valence-electron chi connectivity index (χ2n) is 7.57. The number of benzene rings is 2. The highest BCUT2D eigenvalue weighted by molar-refractivity contribution is 6.22. The number of ether oxygens (including phenoxy) is 1. The molecule has 0 aromatic heterocycles. The second kappa shape index (κ2) is 9.59. The topological polar surface area (TPSA) is 79.0 Å². The molecule has 1 aliphatic rings. The number of halogens is 1. The summed E-state index contributed by atoms with van der Waals surface area (Å²) in [5.74, 6) is -0.660. The third-order valence-electron chi connectivity index (χ3n) is 4.88. The normalized spacial score (nSPS) is 16.2. The largest absolute Gasteiger partial charge is 0.494 e. The maximum absolute atomic E-state index is 13.3. The van der Waals surface area contributed by atoms with Gasteiger partial charge in [-0.2, -0.15) is 0 Å². The molecular weight excluding hydrogens is 401 g/mol. The van der Waals surface area contributed by atoms with Crippen molar-refractivity contribution in [1.29, 1.82) is 0 Å². The molecule has 3 rings (SSSR count). The first-order chi connectivity index (χ1) is 14.8. The Bertz CT molecular complexity index is 944. The van der Waals surface area contributed by atoms with E-state index in [-0.39, 0.29) is 24.1 Å². The summed E-state index contributed by atoms with van der Waals surface area (Å²) in [6.07, 6.45) is 0.711. The number of hydrogen-bond acceptors (Lipinski definition) is 4. The first-order valence-corrected chi connectivity index (χ1v) is 10.3. The summed E-state index contributed by atoms with van der Waals surface area (Å²) >= 11 is 0. The molecule has 8 heteroatoms. The lowest BCUT2D eigenvalue weighted by Gasteiger charge is -2.25. The highest BCUT2D eigenvalue weighted by Crippen LogP contribution is 2.29. The van der Waals surface area contributed by atoms with Crippen molar-refractivity contribution in [3.8, 4) is 5.75 Å². The molecule has 1 heterocycles. The van der Waals surface area contributed by atoms with Crippen LogP contribution >= 0.6 is 0 Å². The van der Waals surface area contributed by atoms with Crippen LogP contribution in [0.4, 0.5) is 20.6 Å². The number of hydrogen-bond donors (Lipinski definition) is 1. The molecule has 2 aromatic rings. The standard InChI is InChI=1S/C23H26FN3O4/c1-4-13-31-19-11-7-17(8-12-19)25-21(28)14-20-22(29)27(23(30)26(20)15(2)3)18-9-5-16(24)6-10-18/h5-12,15,20H,4,13-14H2,1-3H3,(H,25,28). The van der Waals surface area contributed by atoms with Crippen molar-refractivity contribution in [2.45, 2.75) is 45.7 Å². The Morgan fingerprint density at radius 2 is 1.74 bits per heavy atom. The average Bonchev–Trinajstić information content (AvgIpc) is 2.98. The van der Waals surface area contributed by atoms with Crippen LogP contribution in [0.1, 0.15) is 33.6 Å². The molecule has 0 spiro atoms. The van der Waals surface area contributed by atoms with E-state index < -0.39 is 23.8 Å². The highest BCUT2D eigenvalue weighted by Gasteiger charge is 2.47. The molecule has 0 radical (unpaired) electrons. The van der Waals surface area contributed by atoms with Crippen LogP contribution in [0.3, 0.4) is 0 Å². The molecule has 2 aromatic carbocycles. The van der Waals surface area contributed by atoms with Crippen LogP contribution in [-0.4, -0.2) is 41.4 Å². The number of urea groups is 1. The Morgan fingerprint density at radius 1 is 1.10 bits per heavy atom. The first-order valence-electron chi connectivity index (χ1n) is 10.3. The zero-order chi connectivity index (χ0) is 22.5. The molecule has 0 saturated carbocycles. The van der Waals surface area contributed by atoms with Crippen LogP contribution in [0.25, 0.3) is 0 Å². The maximum Gasteiger partial charge on any atom is 0.332 e. The number of amides is 4. The quantitative estimate of drug-likeness (QED) is 0.641. The van der Waals surface area contributed by atoms with Crippen molar-refractivity contribution in [1.82, 2.24) is 4.90 Å². The summed E-state index contributed by atoms with van der Waals surface area (Å²) in [6, 6.07) is 10.3. The zero-order valence-corrected chi connectivity index (χ0v) is 17.8. The Kier molecular flexibility index (Phi) is 6.89. The molecule has 1 N–H and O–H groups in total. The van der Waals surface area contributed by atoms with E-state index in [1.54, 1.807) is 38.1 Å². The van der Waals surface area contributed by atoms with Crippen molar-refractivity contribution >= 4 is 29.2 Å². The minimum absolute atomic E-state index is 0.186. The van der Waals surface area contributed by atoms with E-state index in [1.165, 1.54) is 29.2 Å². The third-order valence-corrected chi connectivity index (χ3v) is 4.88. The Labute approximate surface area is 180 Å².